The largest absolute Gasteiger partial charge is 0.452 e. The molecule has 1 aliphatic rings. The van der Waals surface area contributed by atoms with Crippen molar-refractivity contribution in [2.24, 2.45) is 0 Å². The summed E-state index contributed by atoms with van der Waals surface area (Å²) in [5.41, 5.74) is 1.38. The molecule has 29 heavy (non-hydrogen) atoms. The molecule has 0 aromatic heterocycles. The van der Waals surface area contributed by atoms with E-state index in [2.05, 4.69) is 0 Å². The van der Waals surface area contributed by atoms with E-state index >= 15 is 0 Å². The summed E-state index contributed by atoms with van der Waals surface area (Å²) in [5, 5.41) is 0. The molecule has 0 atom stereocenters. The first-order valence-corrected chi connectivity index (χ1v) is 9.38. The Balaban J connectivity index is 1.63. The second kappa shape index (κ2) is 8.68. The number of rotatable bonds is 6. The van der Waals surface area contributed by atoms with Gasteiger partial charge in [0.2, 0.25) is 11.8 Å². The molecule has 3 rings (SSSR count). The van der Waals surface area contributed by atoms with E-state index in [0.29, 0.717) is 5.69 Å². The van der Waals surface area contributed by atoms with E-state index < -0.39 is 12.6 Å². The predicted molar refractivity (Wildman–Crippen MR) is 108 cm³/mol. The third-order valence-electron chi connectivity index (χ3n) is 4.56. The van der Waals surface area contributed by atoms with Crippen molar-refractivity contribution in [1.29, 1.82) is 0 Å². The Bertz CT molecular complexity index is 906. The van der Waals surface area contributed by atoms with Gasteiger partial charge in [-0.15, -0.1) is 0 Å². The van der Waals surface area contributed by atoms with Gasteiger partial charge in [0.15, 0.2) is 6.61 Å². The van der Waals surface area contributed by atoms with Gasteiger partial charge in [-0.2, -0.15) is 0 Å². The molecule has 0 unspecified atom stereocenters. The van der Waals surface area contributed by atoms with Crippen LogP contribution in [0, 0.1) is 0 Å². The lowest BCUT2D eigenvalue weighted by atomic mass is 10.2. The van der Waals surface area contributed by atoms with Crippen molar-refractivity contribution in [3.63, 3.8) is 0 Å². The minimum absolute atomic E-state index is 0.0987. The molecule has 2 aromatic carbocycles. The van der Waals surface area contributed by atoms with Crippen LogP contribution >= 0.6 is 0 Å². The maximum atomic E-state index is 12.6. The third kappa shape index (κ3) is 4.51. The average Bonchev–Trinajstić information content (AvgIpc) is 3.05. The highest BCUT2D eigenvalue weighted by molar-refractivity contribution is 6.19. The third-order valence-corrected chi connectivity index (χ3v) is 4.56. The van der Waals surface area contributed by atoms with Crippen molar-refractivity contribution in [1.82, 2.24) is 0 Å². The van der Waals surface area contributed by atoms with Gasteiger partial charge in [0.05, 0.1) is 11.3 Å². The molecule has 0 aliphatic carbocycles. The molecule has 2 aromatic rings. The van der Waals surface area contributed by atoms with E-state index in [1.54, 1.807) is 4.90 Å². The summed E-state index contributed by atoms with van der Waals surface area (Å²) in [4.78, 5) is 51.1. The summed E-state index contributed by atoms with van der Waals surface area (Å²) in [6.45, 7) is 3.37. The lowest BCUT2D eigenvalue weighted by Crippen LogP contribution is -2.39. The molecule has 1 fully saturated rings. The molecule has 0 bridgehead atoms. The molecule has 3 amide bonds. The predicted octanol–water partition coefficient (Wildman–Crippen LogP) is 2.94. The second-order valence-corrected chi connectivity index (χ2v) is 6.94. The Morgan fingerprint density at radius 3 is 2.10 bits per heavy atom. The smallest absolute Gasteiger partial charge is 0.338 e. The average molecular weight is 394 g/mol. The van der Waals surface area contributed by atoms with E-state index in [0.717, 1.165) is 10.6 Å². The van der Waals surface area contributed by atoms with Gasteiger partial charge in [-0.25, -0.2) is 4.79 Å². The van der Waals surface area contributed by atoms with Crippen molar-refractivity contribution in [2.45, 2.75) is 32.7 Å². The molecule has 7 nitrogen and oxygen atoms in total. The zero-order chi connectivity index (χ0) is 21.0. The van der Waals surface area contributed by atoms with Gasteiger partial charge in [0, 0.05) is 24.6 Å². The molecule has 1 aliphatic heterocycles. The Morgan fingerprint density at radius 1 is 0.966 bits per heavy atom. The lowest BCUT2D eigenvalue weighted by Gasteiger charge is -2.26. The highest BCUT2D eigenvalue weighted by Gasteiger charge is 2.30. The van der Waals surface area contributed by atoms with Crippen LogP contribution in [0.25, 0.3) is 0 Å². The zero-order valence-corrected chi connectivity index (χ0v) is 16.3. The lowest BCUT2D eigenvalue weighted by molar-refractivity contribution is -0.122. The van der Waals surface area contributed by atoms with Crippen LogP contribution in [0.4, 0.5) is 11.4 Å². The summed E-state index contributed by atoms with van der Waals surface area (Å²) in [6, 6.07) is 15.0. The highest BCUT2D eigenvalue weighted by atomic mass is 16.5. The number of carbonyl (C=O) groups is 4. The van der Waals surface area contributed by atoms with Crippen LogP contribution in [-0.4, -0.2) is 36.3 Å². The fraction of sp³-hybridized carbons (Fsp3) is 0.273. The molecule has 0 saturated carbocycles. The van der Waals surface area contributed by atoms with E-state index in [1.165, 1.54) is 24.3 Å². The first-order chi connectivity index (χ1) is 13.9. The molecule has 1 heterocycles. The monoisotopic (exact) mass is 394 g/mol. The molecule has 1 saturated heterocycles. The fourth-order valence-electron chi connectivity index (χ4n) is 3.21. The van der Waals surface area contributed by atoms with Crippen LogP contribution in [0.2, 0.25) is 0 Å². The van der Waals surface area contributed by atoms with Crippen LogP contribution < -0.4 is 9.80 Å². The van der Waals surface area contributed by atoms with E-state index in [9.17, 15) is 19.2 Å². The zero-order valence-electron chi connectivity index (χ0n) is 16.3. The summed E-state index contributed by atoms with van der Waals surface area (Å²) in [6.07, 6.45) is 0.386. The van der Waals surface area contributed by atoms with Gasteiger partial charge >= 0.3 is 5.97 Å². The number of para-hydroxylation sites is 1. The maximum absolute atomic E-state index is 12.6. The number of amides is 3. The Labute approximate surface area is 168 Å². The molecule has 0 radical (unpaired) electrons. The standard InChI is InChI=1S/C22H22N2O5/c1-15(2)23(17-6-4-3-5-7-17)21(27)14-29-22(28)16-8-10-18(11-9-16)24-19(25)12-13-20(24)26/h3-11,15H,12-14H2,1-2H3. The normalized spacial score (nSPS) is 13.7. The van der Waals surface area contributed by atoms with Crippen molar-refractivity contribution >= 4 is 35.1 Å². The number of hydrogen-bond acceptors (Lipinski definition) is 5. The van der Waals surface area contributed by atoms with Crippen LogP contribution in [0.1, 0.15) is 37.0 Å². The number of hydrogen-bond donors (Lipinski definition) is 0. The first kappa shape index (κ1) is 20.3. The van der Waals surface area contributed by atoms with Crippen molar-refractivity contribution in [3.05, 3.63) is 60.2 Å². The van der Waals surface area contributed by atoms with Crippen LogP contribution in [-0.2, 0) is 19.1 Å². The summed E-state index contributed by atoms with van der Waals surface area (Å²) in [7, 11) is 0. The Morgan fingerprint density at radius 2 is 1.55 bits per heavy atom. The second-order valence-electron chi connectivity index (χ2n) is 6.94. The van der Waals surface area contributed by atoms with Crippen molar-refractivity contribution in [3.8, 4) is 0 Å². The fourth-order valence-corrected chi connectivity index (χ4v) is 3.21. The number of carbonyl (C=O) groups excluding carboxylic acids is 4. The summed E-state index contributed by atoms with van der Waals surface area (Å²) >= 11 is 0. The molecule has 0 spiro atoms. The van der Waals surface area contributed by atoms with E-state index in [4.69, 9.17) is 4.74 Å². The quantitative estimate of drug-likeness (QED) is 0.556. The Kier molecular flexibility index (Phi) is 6.07. The van der Waals surface area contributed by atoms with Gasteiger partial charge in [0.25, 0.3) is 5.91 Å². The van der Waals surface area contributed by atoms with E-state index in [1.807, 2.05) is 44.2 Å². The highest BCUT2D eigenvalue weighted by Crippen LogP contribution is 2.23. The van der Waals surface area contributed by atoms with Gasteiger partial charge < -0.3 is 9.64 Å². The summed E-state index contributed by atoms with van der Waals surface area (Å²) < 4.78 is 5.17. The van der Waals surface area contributed by atoms with Crippen LogP contribution in [0.3, 0.4) is 0 Å². The molecule has 7 heteroatoms. The maximum Gasteiger partial charge on any atom is 0.338 e. The molecule has 150 valence electrons. The van der Waals surface area contributed by atoms with Gasteiger partial charge in [-0.05, 0) is 50.2 Å². The van der Waals surface area contributed by atoms with Gasteiger partial charge in [-0.3, -0.25) is 19.3 Å². The number of benzene rings is 2. The molecule has 0 N–H and O–H groups in total. The topological polar surface area (TPSA) is 84.0 Å². The Hall–Kier alpha value is -3.48. The molecular weight excluding hydrogens is 372 g/mol. The number of esters is 1. The van der Waals surface area contributed by atoms with Gasteiger partial charge in [0.1, 0.15) is 0 Å². The molecular formula is C22H22N2O5. The minimum atomic E-state index is -0.652. The first-order valence-electron chi connectivity index (χ1n) is 9.38. The number of nitrogens with zero attached hydrogens (tertiary/aromatic N) is 2. The van der Waals surface area contributed by atoms with Crippen LogP contribution in [0.15, 0.2) is 54.6 Å². The van der Waals surface area contributed by atoms with E-state index in [-0.39, 0.29) is 42.2 Å². The van der Waals surface area contributed by atoms with Gasteiger partial charge in [-0.1, -0.05) is 18.2 Å². The number of anilines is 2. The SMILES string of the molecule is CC(C)N(C(=O)COC(=O)c1ccc(N2C(=O)CCC2=O)cc1)c1ccccc1. The number of imide groups is 1. The van der Waals surface area contributed by atoms with Crippen molar-refractivity contribution in [2.75, 3.05) is 16.4 Å². The summed E-state index contributed by atoms with van der Waals surface area (Å²) in [5.74, 6) is -1.50. The number of ether oxygens (including phenoxy) is 1. The van der Waals surface area contributed by atoms with Crippen LogP contribution in [0.5, 0.6) is 0 Å². The van der Waals surface area contributed by atoms with Crippen molar-refractivity contribution < 1.29 is 23.9 Å². The minimum Gasteiger partial charge on any atom is -0.452 e.